The van der Waals surface area contributed by atoms with E-state index in [0.717, 1.165) is 18.4 Å². The highest BCUT2D eigenvalue weighted by atomic mass is 16.3. The van der Waals surface area contributed by atoms with E-state index in [0.29, 0.717) is 0 Å². The second kappa shape index (κ2) is 4.53. The summed E-state index contributed by atoms with van der Waals surface area (Å²) in [6, 6.07) is -0.0679. The topological polar surface area (TPSA) is 46.2 Å². The molecule has 0 radical (unpaired) electrons. The van der Waals surface area contributed by atoms with Gasteiger partial charge in [-0.15, -0.1) is 6.58 Å². The van der Waals surface area contributed by atoms with Crippen molar-refractivity contribution in [2.45, 2.75) is 25.8 Å². The fourth-order valence-corrected chi connectivity index (χ4v) is 0.523. The zero-order valence-corrected chi connectivity index (χ0v) is 5.93. The maximum absolute atomic E-state index is 8.49. The van der Waals surface area contributed by atoms with E-state index in [1.165, 1.54) is 0 Å². The van der Waals surface area contributed by atoms with Crippen molar-refractivity contribution in [1.29, 1.82) is 0 Å². The minimum absolute atomic E-state index is 0.0679. The molecule has 9 heavy (non-hydrogen) atoms. The molecular weight excluding hydrogens is 114 g/mol. The van der Waals surface area contributed by atoms with Crippen molar-refractivity contribution in [2.75, 3.05) is 6.61 Å². The standard InChI is InChI=1S/C7H15NO/c1-6(2)3-4-7(8)5-9/h7,9H,1,3-5,8H2,2H3. The van der Waals surface area contributed by atoms with Crippen LogP contribution in [0.15, 0.2) is 12.2 Å². The average Bonchev–Trinajstić information content (AvgIpc) is 1.83. The van der Waals surface area contributed by atoms with E-state index in [-0.39, 0.29) is 12.6 Å². The van der Waals surface area contributed by atoms with Crippen LogP contribution in [0, 0.1) is 0 Å². The van der Waals surface area contributed by atoms with E-state index >= 15 is 0 Å². The highest BCUT2D eigenvalue weighted by Gasteiger charge is 1.97. The fraction of sp³-hybridized carbons (Fsp3) is 0.714. The maximum Gasteiger partial charge on any atom is 0.0582 e. The molecule has 0 heterocycles. The molecular formula is C7H15NO. The number of nitrogens with two attached hydrogens (primary N) is 1. The van der Waals surface area contributed by atoms with E-state index < -0.39 is 0 Å². The van der Waals surface area contributed by atoms with E-state index in [1.54, 1.807) is 0 Å². The summed E-state index contributed by atoms with van der Waals surface area (Å²) in [6.07, 6.45) is 1.76. The zero-order chi connectivity index (χ0) is 7.28. The molecule has 3 N–H and O–H groups in total. The monoisotopic (exact) mass is 129 g/mol. The number of allylic oxidation sites excluding steroid dienone is 1. The predicted octanol–water partition coefficient (Wildman–Crippen LogP) is 0.662. The van der Waals surface area contributed by atoms with E-state index in [4.69, 9.17) is 10.8 Å². The third kappa shape index (κ3) is 5.53. The van der Waals surface area contributed by atoms with Gasteiger partial charge >= 0.3 is 0 Å². The van der Waals surface area contributed by atoms with Gasteiger partial charge in [0.05, 0.1) is 6.61 Å². The van der Waals surface area contributed by atoms with E-state index in [1.807, 2.05) is 6.92 Å². The normalized spacial score (nSPS) is 13.2. The van der Waals surface area contributed by atoms with E-state index in [9.17, 15) is 0 Å². The lowest BCUT2D eigenvalue weighted by atomic mass is 10.1. The number of rotatable bonds is 4. The van der Waals surface area contributed by atoms with Gasteiger partial charge in [0.1, 0.15) is 0 Å². The minimum atomic E-state index is -0.0679. The van der Waals surface area contributed by atoms with Crippen molar-refractivity contribution >= 4 is 0 Å². The summed E-state index contributed by atoms with van der Waals surface area (Å²) in [7, 11) is 0. The summed E-state index contributed by atoms with van der Waals surface area (Å²) in [5, 5.41) is 8.49. The Bertz CT molecular complexity index is 90.9. The van der Waals surface area contributed by atoms with Crippen LogP contribution >= 0.6 is 0 Å². The molecule has 0 spiro atoms. The zero-order valence-electron chi connectivity index (χ0n) is 5.93. The van der Waals surface area contributed by atoms with Gasteiger partial charge in [-0.25, -0.2) is 0 Å². The summed E-state index contributed by atoms with van der Waals surface area (Å²) in [5.41, 5.74) is 6.55. The summed E-state index contributed by atoms with van der Waals surface area (Å²) < 4.78 is 0. The number of aliphatic hydroxyl groups is 1. The summed E-state index contributed by atoms with van der Waals surface area (Å²) in [4.78, 5) is 0. The SMILES string of the molecule is C=C(C)CCC(N)CO. The van der Waals surface area contributed by atoms with Crippen LogP contribution in [0.4, 0.5) is 0 Å². The Hall–Kier alpha value is -0.340. The third-order valence-corrected chi connectivity index (χ3v) is 1.18. The van der Waals surface area contributed by atoms with Gasteiger partial charge in [-0.1, -0.05) is 5.57 Å². The van der Waals surface area contributed by atoms with Gasteiger partial charge in [0, 0.05) is 6.04 Å². The lowest BCUT2D eigenvalue weighted by Gasteiger charge is -2.05. The van der Waals surface area contributed by atoms with Gasteiger partial charge in [-0.3, -0.25) is 0 Å². The van der Waals surface area contributed by atoms with Gasteiger partial charge < -0.3 is 10.8 Å². The van der Waals surface area contributed by atoms with E-state index in [2.05, 4.69) is 6.58 Å². The van der Waals surface area contributed by atoms with Crippen molar-refractivity contribution in [3.05, 3.63) is 12.2 Å². The quantitative estimate of drug-likeness (QED) is 0.548. The minimum Gasteiger partial charge on any atom is -0.395 e. The molecule has 0 aliphatic rings. The molecule has 0 saturated carbocycles. The molecule has 0 aliphatic carbocycles. The molecule has 0 aliphatic heterocycles. The summed E-state index contributed by atoms with van der Waals surface area (Å²) in [6.45, 7) is 5.76. The van der Waals surface area contributed by atoms with Crippen LogP contribution in [0.25, 0.3) is 0 Å². The van der Waals surface area contributed by atoms with Crippen molar-refractivity contribution in [3.8, 4) is 0 Å². The molecule has 0 saturated heterocycles. The maximum atomic E-state index is 8.49. The Labute approximate surface area is 56.4 Å². The van der Waals surface area contributed by atoms with Gasteiger partial charge in [0.2, 0.25) is 0 Å². The Balaban J connectivity index is 3.16. The molecule has 0 aromatic rings. The molecule has 0 aromatic carbocycles. The summed E-state index contributed by atoms with van der Waals surface area (Å²) in [5.74, 6) is 0. The second-order valence-electron chi connectivity index (χ2n) is 2.44. The van der Waals surface area contributed by atoms with Crippen LogP contribution in [-0.2, 0) is 0 Å². The molecule has 1 atom stereocenters. The van der Waals surface area contributed by atoms with Crippen LogP contribution in [0.1, 0.15) is 19.8 Å². The highest BCUT2D eigenvalue weighted by Crippen LogP contribution is 2.01. The van der Waals surface area contributed by atoms with Crippen molar-refractivity contribution in [1.82, 2.24) is 0 Å². The molecule has 0 amide bonds. The van der Waals surface area contributed by atoms with Crippen LogP contribution in [0.2, 0.25) is 0 Å². The Morgan fingerprint density at radius 1 is 1.78 bits per heavy atom. The first kappa shape index (κ1) is 8.66. The Kier molecular flexibility index (Phi) is 4.36. The smallest absolute Gasteiger partial charge is 0.0582 e. The molecule has 2 heteroatoms. The first-order valence-corrected chi connectivity index (χ1v) is 3.17. The van der Waals surface area contributed by atoms with Crippen molar-refractivity contribution in [2.24, 2.45) is 5.73 Å². The molecule has 0 rings (SSSR count). The van der Waals surface area contributed by atoms with Crippen LogP contribution in [0.3, 0.4) is 0 Å². The lowest BCUT2D eigenvalue weighted by Crippen LogP contribution is -2.23. The Morgan fingerprint density at radius 3 is 2.67 bits per heavy atom. The number of hydrogen-bond acceptors (Lipinski definition) is 2. The first-order chi connectivity index (χ1) is 4.16. The van der Waals surface area contributed by atoms with Gasteiger partial charge in [0.15, 0.2) is 0 Å². The van der Waals surface area contributed by atoms with Gasteiger partial charge in [-0.05, 0) is 19.8 Å². The van der Waals surface area contributed by atoms with Gasteiger partial charge in [0.25, 0.3) is 0 Å². The van der Waals surface area contributed by atoms with Crippen LogP contribution < -0.4 is 5.73 Å². The van der Waals surface area contributed by atoms with Gasteiger partial charge in [-0.2, -0.15) is 0 Å². The predicted molar refractivity (Wildman–Crippen MR) is 39.1 cm³/mol. The molecule has 0 fully saturated rings. The third-order valence-electron chi connectivity index (χ3n) is 1.18. The average molecular weight is 129 g/mol. The summed E-state index contributed by atoms with van der Waals surface area (Å²) >= 11 is 0. The molecule has 0 bridgehead atoms. The highest BCUT2D eigenvalue weighted by molar-refractivity contribution is 4.88. The molecule has 0 aromatic heterocycles. The number of hydrogen-bond donors (Lipinski definition) is 2. The molecule has 54 valence electrons. The largest absolute Gasteiger partial charge is 0.395 e. The molecule has 1 unspecified atom stereocenters. The number of aliphatic hydroxyl groups excluding tert-OH is 1. The second-order valence-corrected chi connectivity index (χ2v) is 2.44. The van der Waals surface area contributed by atoms with Crippen molar-refractivity contribution < 1.29 is 5.11 Å². The lowest BCUT2D eigenvalue weighted by molar-refractivity contribution is 0.260. The first-order valence-electron chi connectivity index (χ1n) is 3.17. The Morgan fingerprint density at radius 2 is 2.33 bits per heavy atom. The van der Waals surface area contributed by atoms with Crippen LogP contribution in [-0.4, -0.2) is 17.8 Å². The van der Waals surface area contributed by atoms with Crippen LogP contribution in [0.5, 0.6) is 0 Å². The van der Waals surface area contributed by atoms with Crippen molar-refractivity contribution in [3.63, 3.8) is 0 Å². The molecule has 2 nitrogen and oxygen atoms in total. The fourth-order valence-electron chi connectivity index (χ4n) is 0.523.